The Labute approximate surface area is 234 Å². The van der Waals surface area contributed by atoms with Crippen LogP contribution >= 0.6 is 0 Å². The number of phenolic OH excluding ortho intramolecular Hbond substituents is 1. The first-order chi connectivity index (χ1) is 19.2. The molecule has 0 saturated carbocycles. The third kappa shape index (κ3) is 7.61. The fourth-order valence-electron chi connectivity index (χ4n) is 5.56. The molecule has 0 spiro atoms. The van der Waals surface area contributed by atoms with Gasteiger partial charge in [0.2, 0.25) is 5.91 Å². The number of aliphatic imine (C=N–C) groups is 1. The van der Waals surface area contributed by atoms with Crippen LogP contribution in [0.3, 0.4) is 0 Å². The number of carbonyl (C=O) groups is 2. The molecule has 2 unspecified atom stereocenters. The Morgan fingerprint density at radius 3 is 2.67 bits per heavy atom. The second-order valence-electron chi connectivity index (χ2n) is 10.5. The van der Waals surface area contributed by atoms with Crippen LogP contribution in [-0.2, 0) is 27.4 Å². The maximum absolute atomic E-state index is 13.8. The molecule has 1 aliphatic rings. The molecule has 1 aromatic heterocycles. The van der Waals surface area contributed by atoms with Gasteiger partial charge in [-0.3, -0.25) is 19.5 Å². The maximum atomic E-state index is 13.8. The lowest BCUT2D eigenvalue weighted by Crippen LogP contribution is -2.52. The zero-order valence-corrected chi connectivity index (χ0v) is 23.2. The predicted octanol–water partition coefficient (Wildman–Crippen LogP) is 2.59. The van der Waals surface area contributed by atoms with Crippen molar-refractivity contribution in [1.29, 1.82) is 0 Å². The normalized spacial score (nSPS) is 18.9. The minimum atomic E-state index is -0.689. The van der Waals surface area contributed by atoms with Crippen LogP contribution in [0.1, 0.15) is 44.2 Å². The van der Waals surface area contributed by atoms with E-state index in [1.54, 1.807) is 24.3 Å². The summed E-state index contributed by atoms with van der Waals surface area (Å²) in [6, 6.07) is 13.8. The molecule has 4 rings (SSSR count). The van der Waals surface area contributed by atoms with E-state index in [4.69, 9.17) is 16.2 Å². The van der Waals surface area contributed by atoms with Gasteiger partial charge < -0.3 is 31.6 Å². The van der Waals surface area contributed by atoms with Crippen molar-refractivity contribution in [2.75, 3.05) is 13.1 Å². The molecule has 2 heterocycles. The van der Waals surface area contributed by atoms with Gasteiger partial charge in [0.05, 0.1) is 24.8 Å². The van der Waals surface area contributed by atoms with E-state index >= 15 is 0 Å². The van der Waals surface area contributed by atoms with Gasteiger partial charge in [-0.2, -0.15) is 0 Å². The predicted molar refractivity (Wildman–Crippen MR) is 156 cm³/mol. The number of H-pyrrole nitrogens is 1. The van der Waals surface area contributed by atoms with Crippen molar-refractivity contribution in [2.45, 2.75) is 70.4 Å². The first kappa shape index (κ1) is 29.1. The molecule has 7 N–H and O–H groups in total. The third-order valence-corrected chi connectivity index (χ3v) is 7.56. The Morgan fingerprint density at radius 1 is 1.20 bits per heavy atom. The van der Waals surface area contributed by atoms with Gasteiger partial charge in [-0.05, 0) is 56.4 Å². The highest BCUT2D eigenvalue weighted by molar-refractivity contribution is 5.92. The van der Waals surface area contributed by atoms with Gasteiger partial charge >= 0.3 is 0 Å². The number of ketones is 1. The van der Waals surface area contributed by atoms with Crippen molar-refractivity contribution >= 4 is 28.6 Å². The molecule has 1 fully saturated rings. The molecule has 1 amide bonds. The number of ether oxygens (including phenoxy) is 1. The molecule has 10 heteroatoms. The van der Waals surface area contributed by atoms with Crippen LogP contribution in [-0.4, -0.2) is 70.0 Å². The first-order valence-corrected chi connectivity index (χ1v) is 13.8. The van der Waals surface area contributed by atoms with Gasteiger partial charge in [0.25, 0.3) is 0 Å². The number of hydrogen-bond donors (Lipinski definition) is 5. The highest BCUT2D eigenvalue weighted by Crippen LogP contribution is 2.29. The summed E-state index contributed by atoms with van der Waals surface area (Å²) < 4.78 is 6.39. The minimum Gasteiger partial charge on any atom is -0.508 e. The number of nitrogens with zero attached hydrogens (tertiary/aromatic N) is 2. The number of aromatic hydroxyl groups is 1. The van der Waals surface area contributed by atoms with Crippen LogP contribution in [0.2, 0.25) is 0 Å². The summed E-state index contributed by atoms with van der Waals surface area (Å²) in [5, 5.41) is 13.6. The second-order valence-corrected chi connectivity index (χ2v) is 10.5. The molecular weight excluding hydrogens is 508 g/mol. The number of benzene rings is 2. The van der Waals surface area contributed by atoms with Crippen LogP contribution in [0.15, 0.2) is 59.7 Å². The molecule has 0 radical (unpaired) electrons. The smallest absolute Gasteiger partial charge is 0.217 e. The number of hydrogen-bond acceptors (Lipinski definition) is 6. The number of nitrogens with one attached hydrogen (secondary N) is 2. The number of guanidine groups is 1. The standard InChI is InChI=1S/C30H40N6O4/c1-19(29(39)28(35-20(2)37)14-21-9-11-24(38)12-10-21)36-17-25(15-23(36)6-5-13-33-30(31)32)40-18-22-16-34-27-8-4-3-7-26(22)27/h3-4,7-12,16,19,23,25,28,34,38H,5-6,13-15,17-18H2,1-2H3,(H,35,37)(H4,31,32,33)/t19?,23-,25?,28-/m0/s1. The van der Waals surface area contributed by atoms with Gasteiger partial charge in [0, 0.05) is 48.7 Å². The zero-order valence-electron chi connectivity index (χ0n) is 23.2. The highest BCUT2D eigenvalue weighted by atomic mass is 16.5. The molecule has 1 aliphatic heterocycles. The van der Waals surface area contributed by atoms with E-state index in [9.17, 15) is 14.7 Å². The number of fused-ring (bicyclic) bond motifs is 1. The summed E-state index contributed by atoms with van der Waals surface area (Å²) in [6.07, 6.45) is 4.64. The lowest BCUT2D eigenvalue weighted by atomic mass is 9.96. The molecule has 3 aromatic rings. The number of nitrogens with two attached hydrogens (primary N) is 2. The lowest BCUT2D eigenvalue weighted by molar-refractivity contribution is -0.130. The van der Waals surface area contributed by atoms with Crippen molar-refractivity contribution in [3.8, 4) is 5.75 Å². The molecule has 10 nitrogen and oxygen atoms in total. The van der Waals surface area contributed by atoms with Crippen LogP contribution < -0.4 is 16.8 Å². The van der Waals surface area contributed by atoms with E-state index in [2.05, 4.69) is 26.3 Å². The largest absolute Gasteiger partial charge is 0.508 e. The number of aromatic nitrogens is 1. The first-order valence-electron chi connectivity index (χ1n) is 13.8. The SMILES string of the molecule is CC(=O)N[C@@H](Cc1ccc(O)cc1)C(=O)C(C)N1CC(OCc2c[nH]c3ccccc23)C[C@@H]1CCCN=C(N)N. The number of carbonyl (C=O) groups excluding carboxylic acids is 2. The van der Waals surface area contributed by atoms with Crippen molar-refractivity contribution in [3.05, 3.63) is 65.9 Å². The number of likely N-dealkylation sites (tertiary alicyclic amines) is 1. The summed E-state index contributed by atoms with van der Waals surface area (Å²) in [5.41, 5.74) is 14.0. The van der Waals surface area contributed by atoms with Crippen LogP contribution in [0.5, 0.6) is 5.75 Å². The van der Waals surface area contributed by atoms with Gasteiger partial charge in [-0.25, -0.2) is 0 Å². The lowest BCUT2D eigenvalue weighted by Gasteiger charge is -2.32. The molecule has 0 bridgehead atoms. The molecule has 2 aromatic carbocycles. The van der Waals surface area contributed by atoms with Crippen molar-refractivity contribution in [3.63, 3.8) is 0 Å². The van der Waals surface area contributed by atoms with Crippen molar-refractivity contribution in [2.24, 2.45) is 16.5 Å². The van der Waals surface area contributed by atoms with Gasteiger partial charge in [-0.15, -0.1) is 0 Å². The zero-order chi connectivity index (χ0) is 28.6. The second kappa shape index (κ2) is 13.5. The Hall–Kier alpha value is -3.89. The summed E-state index contributed by atoms with van der Waals surface area (Å²) >= 11 is 0. The van der Waals surface area contributed by atoms with Crippen LogP contribution in [0, 0.1) is 0 Å². The fourth-order valence-corrected chi connectivity index (χ4v) is 5.56. The van der Waals surface area contributed by atoms with E-state index in [1.807, 2.05) is 31.3 Å². The maximum Gasteiger partial charge on any atom is 0.217 e. The minimum absolute atomic E-state index is 0.0479. The van der Waals surface area contributed by atoms with E-state index in [1.165, 1.54) is 6.92 Å². The topological polar surface area (TPSA) is 159 Å². The average molecular weight is 549 g/mol. The Balaban J connectivity index is 1.46. The van der Waals surface area contributed by atoms with Crippen LogP contribution in [0.4, 0.5) is 0 Å². The van der Waals surface area contributed by atoms with Gasteiger partial charge in [0.1, 0.15) is 5.75 Å². The summed E-state index contributed by atoms with van der Waals surface area (Å²) in [7, 11) is 0. The molecule has 40 heavy (non-hydrogen) atoms. The number of para-hydroxylation sites is 1. The quantitative estimate of drug-likeness (QED) is 0.125. The number of phenols is 1. The Kier molecular flexibility index (Phi) is 9.79. The van der Waals surface area contributed by atoms with Gasteiger partial charge in [-0.1, -0.05) is 30.3 Å². The average Bonchev–Trinajstić information content (AvgIpc) is 3.53. The third-order valence-electron chi connectivity index (χ3n) is 7.56. The number of rotatable bonds is 13. The van der Waals surface area contributed by atoms with Crippen molar-refractivity contribution < 1.29 is 19.4 Å². The molecule has 0 aliphatic carbocycles. The Bertz CT molecular complexity index is 1320. The Morgan fingerprint density at radius 2 is 1.95 bits per heavy atom. The molecular formula is C30H40N6O4. The van der Waals surface area contributed by atoms with E-state index in [-0.39, 0.29) is 35.5 Å². The van der Waals surface area contributed by atoms with Gasteiger partial charge in [0.15, 0.2) is 11.7 Å². The molecule has 1 saturated heterocycles. The van der Waals surface area contributed by atoms with E-state index in [0.717, 1.165) is 41.3 Å². The number of amides is 1. The van der Waals surface area contributed by atoms with E-state index in [0.29, 0.717) is 26.1 Å². The summed E-state index contributed by atoms with van der Waals surface area (Å²) in [6.45, 7) is 4.91. The number of Topliss-reactive ketones (excluding diaryl/α,β-unsaturated/α-hetero) is 1. The fraction of sp³-hybridized carbons (Fsp3) is 0.433. The molecule has 214 valence electrons. The monoisotopic (exact) mass is 548 g/mol. The summed E-state index contributed by atoms with van der Waals surface area (Å²) in [5.74, 6) is -0.104. The molecule has 4 atom stereocenters. The van der Waals surface area contributed by atoms with Crippen LogP contribution in [0.25, 0.3) is 10.9 Å². The summed E-state index contributed by atoms with van der Waals surface area (Å²) in [4.78, 5) is 35.4. The van der Waals surface area contributed by atoms with E-state index < -0.39 is 12.1 Å². The number of aromatic amines is 1. The highest BCUT2D eigenvalue weighted by Gasteiger charge is 2.39. The van der Waals surface area contributed by atoms with Crippen molar-refractivity contribution in [1.82, 2.24) is 15.2 Å².